The molecule has 5 unspecified atom stereocenters. The first-order valence-electron chi connectivity index (χ1n) is 8.33. The van der Waals surface area contributed by atoms with Gasteiger partial charge in [-0.3, -0.25) is 0 Å². The predicted octanol–water partition coefficient (Wildman–Crippen LogP) is 5.34. The Kier molecular flexibility index (Phi) is 2.34. The fraction of sp³-hybridized carbons (Fsp3) is 0.889. The number of hydrogen-bond donors (Lipinski definition) is 0. The number of allylic oxidation sites excluding steroid dienone is 2. The Morgan fingerprint density at radius 2 is 1.94 bits per heavy atom. The van der Waals surface area contributed by atoms with E-state index >= 15 is 0 Å². The molecule has 0 aliphatic heterocycles. The van der Waals surface area contributed by atoms with Gasteiger partial charge in [0.15, 0.2) is 0 Å². The summed E-state index contributed by atoms with van der Waals surface area (Å²) in [7, 11) is 0. The highest BCUT2D eigenvalue weighted by Gasteiger charge is 2.58. The maximum absolute atomic E-state index is 2.68. The van der Waals surface area contributed by atoms with Crippen LogP contribution in [0.15, 0.2) is 11.6 Å². The largest absolute Gasteiger partial charge is 0.0845 e. The van der Waals surface area contributed by atoms with Crippen LogP contribution < -0.4 is 0 Å². The molecule has 0 aromatic rings. The van der Waals surface area contributed by atoms with Gasteiger partial charge in [-0.1, -0.05) is 38.3 Å². The van der Waals surface area contributed by atoms with E-state index in [0.717, 1.165) is 23.2 Å². The smallest absolute Gasteiger partial charge is 0.00851 e. The van der Waals surface area contributed by atoms with Crippen LogP contribution >= 0.6 is 0 Å². The van der Waals surface area contributed by atoms with E-state index in [2.05, 4.69) is 19.9 Å². The molecule has 0 bridgehead atoms. The lowest BCUT2D eigenvalue weighted by atomic mass is 9.57. The number of fused-ring (bicyclic) bond motifs is 5. The SMILES string of the molecule is CC12CCCC1C1CC=C3CCCCC3(C)C1C2. The summed E-state index contributed by atoms with van der Waals surface area (Å²) in [4.78, 5) is 0. The highest BCUT2D eigenvalue weighted by atomic mass is 14.6. The highest BCUT2D eigenvalue weighted by Crippen LogP contribution is 2.67. The summed E-state index contributed by atoms with van der Waals surface area (Å²) in [6, 6.07) is 0. The maximum Gasteiger partial charge on any atom is -0.00851 e. The maximum atomic E-state index is 2.68. The zero-order valence-corrected chi connectivity index (χ0v) is 12.2. The third-order valence-corrected chi connectivity index (χ3v) is 7.46. The highest BCUT2D eigenvalue weighted by molar-refractivity contribution is 5.25. The Hall–Kier alpha value is -0.260. The van der Waals surface area contributed by atoms with E-state index in [4.69, 9.17) is 0 Å². The zero-order chi connectivity index (χ0) is 12.4. The van der Waals surface area contributed by atoms with E-state index in [0.29, 0.717) is 5.41 Å². The molecule has 4 aliphatic rings. The Balaban J connectivity index is 1.72. The summed E-state index contributed by atoms with van der Waals surface area (Å²) < 4.78 is 0. The average molecular weight is 244 g/mol. The Morgan fingerprint density at radius 1 is 1.06 bits per heavy atom. The lowest BCUT2D eigenvalue weighted by molar-refractivity contribution is 0.114. The second-order valence-corrected chi connectivity index (χ2v) is 8.22. The van der Waals surface area contributed by atoms with Gasteiger partial charge in [0.2, 0.25) is 0 Å². The van der Waals surface area contributed by atoms with Crippen molar-refractivity contribution in [3.05, 3.63) is 11.6 Å². The van der Waals surface area contributed by atoms with Gasteiger partial charge in [0.1, 0.15) is 0 Å². The quantitative estimate of drug-likeness (QED) is 0.505. The van der Waals surface area contributed by atoms with Gasteiger partial charge < -0.3 is 0 Å². The molecule has 4 aliphatic carbocycles. The predicted molar refractivity (Wildman–Crippen MR) is 76.3 cm³/mol. The molecule has 0 aromatic carbocycles. The minimum absolute atomic E-state index is 0.606. The first kappa shape index (κ1) is 11.6. The van der Waals surface area contributed by atoms with E-state index in [-0.39, 0.29) is 0 Å². The van der Waals surface area contributed by atoms with Crippen LogP contribution in [-0.4, -0.2) is 0 Å². The molecule has 0 spiro atoms. The summed E-state index contributed by atoms with van der Waals surface area (Å²) in [5.74, 6) is 3.15. The first-order chi connectivity index (χ1) is 8.63. The van der Waals surface area contributed by atoms with E-state index in [1.807, 2.05) is 5.57 Å². The third-order valence-electron chi connectivity index (χ3n) is 7.46. The van der Waals surface area contributed by atoms with E-state index < -0.39 is 0 Å². The lowest BCUT2D eigenvalue weighted by Gasteiger charge is -2.48. The molecule has 5 atom stereocenters. The lowest BCUT2D eigenvalue weighted by Crippen LogP contribution is -2.38. The van der Waals surface area contributed by atoms with Gasteiger partial charge in [0, 0.05) is 0 Å². The molecular formula is C18H28. The van der Waals surface area contributed by atoms with Gasteiger partial charge in [-0.15, -0.1) is 0 Å². The van der Waals surface area contributed by atoms with E-state index in [1.54, 1.807) is 6.42 Å². The van der Waals surface area contributed by atoms with Crippen molar-refractivity contribution in [2.24, 2.45) is 28.6 Å². The zero-order valence-electron chi connectivity index (χ0n) is 12.2. The molecule has 3 fully saturated rings. The molecule has 0 aromatic heterocycles. The van der Waals surface area contributed by atoms with Crippen LogP contribution in [0.2, 0.25) is 0 Å². The molecule has 0 amide bonds. The van der Waals surface area contributed by atoms with E-state index in [9.17, 15) is 0 Å². The van der Waals surface area contributed by atoms with Crippen molar-refractivity contribution < 1.29 is 0 Å². The van der Waals surface area contributed by atoms with Crippen molar-refractivity contribution in [3.8, 4) is 0 Å². The molecule has 3 saturated carbocycles. The second-order valence-electron chi connectivity index (χ2n) is 8.22. The van der Waals surface area contributed by atoms with Gasteiger partial charge >= 0.3 is 0 Å². The van der Waals surface area contributed by atoms with Crippen molar-refractivity contribution in [3.63, 3.8) is 0 Å². The molecule has 0 N–H and O–H groups in total. The molecule has 18 heavy (non-hydrogen) atoms. The summed E-state index contributed by atoms with van der Waals surface area (Å²) in [6.45, 7) is 5.24. The Morgan fingerprint density at radius 3 is 2.83 bits per heavy atom. The summed E-state index contributed by atoms with van der Waals surface area (Å²) >= 11 is 0. The van der Waals surface area contributed by atoms with Crippen LogP contribution in [0.25, 0.3) is 0 Å². The van der Waals surface area contributed by atoms with Gasteiger partial charge in [0.05, 0.1) is 0 Å². The molecular weight excluding hydrogens is 216 g/mol. The average Bonchev–Trinajstić information content (AvgIpc) is 2.83. The van der Waals surface area contributed by atoms with Crippen molar-refractivity contribution >= 4 is 0 Å². The van der Waals surface area contributed by atoms with Gasteiger partial charge in [0.25, 0.3) is 0 Å². The standard InChI is InChI=1S/C18H28/c1-17-10-5-7-15(17)14-9-8-13-6-3-4-11-18(13,2)16(14)12-17/h8,14-16H,3-7,9-12H2,1-2H3. The Bertz CT molecular complexity index is 393. The number of rotatable bonds is 0. The summed E-state index contributed by atoms with van der Waals surface area (Å²) in [5, 5.41) is 0. The fourth-order valence-corrected chi connectivity index (χ4v) is 6.50. The third kappa shape index (κ3) is 1.33. The van der Waals surface area contributed by atoms with Crippen LogP contribution in [0.4, 0.5) is 0 Å². The van der Waals surface area contributed by atoms with Crippen LogP contribution in [0.3, 0.4) is 0 Å². The molecule has 0 nitrogen and oxygen atoms in total. The normalized spacial score (nSPS) is 54.6. The van der Waals surface area contributed by atoms with Crippen LogP contribution in [0.1, 0.15) is 71.6 Å². The van der Waals surface area contributed by atoms with Crippen LogP contribution in [-0.2, 0) is 0 Å². The minimum atomic E-state index is 0.606. The van der Waals surface area contributed by atoms with Gasteiger partial charge in [-0.05, 0) is 73.5 Å². The van der Waals surface area contributed by atoms with Crippen molar-refractivity contribution in [2.45, 2.75) is 71.6 Å². The molecule has 4 rings (SSSR count). The summed E-state index contributed by atoms with van der Waals surface area (Å²) in [6.07, 6.45) is 16.1. The molecule has 0 heterocycles. The molecule has 0 radical (unpaired) electrons. The molecule has 0 saturated heterocycles. The van der Waals surface area contributed by atoms with Crippen LogP contribution in [0.5, 0.6) is 0 Å². The molecule has 100 valence electrons. The second kappa shape index (κ2) is 3.64. The number of hydrogen-bond acceptors (Lipinski definition) is 0. The molecule has 0 heteroatoms. The van der Waals surface area contributed by atoms with Crippen molar-refractivity contribution in [1.82, 2.24) is 0 Å². The van der Waals surface area contributed by atoms with Gasteiger partial charge in [-0.25, -0.2) is 0 Å². The van der Waals surface area contributed by atoms with Gasteiger partial charge in [-0.2, -0.15) is 0 Å². The minimum Gasteiger partial charge on any atom is -0.0845 e. The van der Waals surface area contributed by atoms with Crippen LogP contribution in [0, 0.1) is 28.6 Å². The fourth-order valence-electron chi connectivity index (χ4n) is 6.50. The first-order valence-corrected chi connectivity index (χ1v) is 8.33. The summed E-state index contributed by atoms with van der Waals surface area (Å²) in [5.41, 5.74) is 3.19. The van der Waals surface area contributed by atoms with E-state index in [1.165, 1.54) is 51.4 Å². The van der Waals surface area contributed by atoms with Crippen molar-refractivity contribution in [2.75, 3.05) is 0 Å². The van der Waals surface area contributed by atoms with Crippen molar-refractivity contribution in [1.29, 1.82) is 0 Å². The Labute approximate surface area is 112 Å². The monoisotopic (exact) mass is 244 g/mol. The topological polar surface area (TPSA) is 0 Å².